The van der Waals surface area contributed by atoms with Gasteiger partial charge in [0.1, 0.15) is 0 Å². The smallest absolute Gasteiger partial charge is 0.330 e. The van der Waals surface area contributed by atoms with Gasteiger partial charge in [0.05, 0.1) is 12.0 Å². The molecule has 0 spiro atoms. The summed E-state index contributed by atoms with van der Waals surface area (Å²) in [6, 6.07) is 4.23. The number of rotatable bonds is 5. The number of nitro groups is 1. The number of nitrogens with zero attached hydrogens (tertiary/aromatic N) is 1. The summed E-state index contributed by atoms with van der Waals surface area (Å²) in [6.45, 7) is 0. The fourth-order valence-electron chi connectivity index (χ4n) is 1.35. The van der Waals surface area contributed by atoms with Gasteiger partial charge in [0.15, 0.2) is 11.8 Å². The molecule has 7 heteroatoms. The number of carbonyl (C=O) groups is 2. The Morgan fingerprint density at radius 1 is 1.50 bits per heavy atom. The molecule has 0 radical (unpaired) electrons. The van der Waals surface area contributed by atoms with E-state index in [0.29, 0.717) is 5.56 Å². The summed E-state index contributed by atoms with van der Waals surface area (Å²) in [6.07, 6.45) is -0.155. The number of methoxy groups -OCH3 is 1. The summed E-state index contributed by atoms with van der Waals surface area (Å²) in [5, 5.41) is 10.5. The number of non-ortho nitro benzene ring substituents is 1. The third-order valence-electron chi connectivity index (χ3n) is 2.30. The fraction of sp³-hybridized carbons (Fsp3) is 0.273. The van der Waals surface area contributed by atoms with Crippen molar-refractivity contribution in [2.75, 3.05) is 7.11 Å². The number of hydrogen-bond donors (Lipinski definition) is 1. The van der Waals surface area contributed by atoms with Crippen LogP contribution in [0.25, 0.3) is 0 Å². The lowest BCUT2D eigenvalue weighted by molar-refractivity contribution is -0.384. The number of esters is 1. The van der Waals surface area contributed by atoms with Crippen molar-refractivity contribution in [3.05, 3.63) is 39.9 Å². The summed E-state index contributed by atoms with van der Waals surface area (Å²) in [7, 11) is 1.13. The first kappa shape index (κ1) is 13.8. The Balaban J connectivity index is 2.79. The van der Waals surface area contributed by atoms with Gasteiger partial charge in [0.2, 0.25) is 0 Å². The molecule has 96 valence electrons. The van der Waals surface area contributed by atoms with Crippen LogP contribution in [-0.4, -0.2) is 29.8 Å². The molecule has 1 aromatic rings. The highest BCUT2D eigenvalue weighted by Crippen LogP contribution is 2.14. The lowest BCUT2D eigenvalue weighted by Crippen LogP contribution is -2.40. The number of hydrogen-bond acceptors (Lipinski definition) is 6. The normalized spacial score (nSPS) is 11.7. The molecule has 7 nitrogen and oxygen atoms in total. The second-order valence-electron chi connectivity index (χ2n) is 3.57. The zero-order valence-electron chi connectivity index (χ0n) is 9.66. The van der Waals surface area contributed by atoms with E-state index in [2.05, 4.69) is 4.74 Å². The van der Waals surface area contributed by atoms with Gasteiger partial charge in [0, 0.05) is 18.6 Å². The fourth-order valence-corrected chi connectivity index (χ4v) is 1.35. The SMILES string of the molecule is COC(=O)C(N)C(=O)Cc1cccc([N+](=O)[O-])c1. The zero-order chi connectivity index (χ0) is 13.7. The maximum atomic E-state index is 11.6. The van der Waals surface area contributed by atoms with Crippen molar-refractivity contribution in [1.82, 2.24) is 0 Å². The Bertz CT molecular complexity index is 486. The second-order valence-corrected chi connectivity index (χ2v) is 3.57. The third-order valence-corrected chi connectivity index (χ3v) is 2.30. The van der Waals surface area contributed by atoms with E-state index in [-0.39, 0.29) is 12.1 Å². The van der Waals surface area contributed by atoms with Gasteiger partial charge in [-0.3, -0.25) is 14.9 Å². The number of Topliss-reactive ketones (excluding diaryl/α,β-unsaturated/α-hetero) is 1. The number of nitrogens with two attached hydrogens (primary N) is 1. The minimum absolute atomic E-state index is 0.119. The van der Waals surface area contributed by atoms with Gasteiger partial charge in [-0.2, -0.15) is 0 Å². The molecule has 0 saturated carbocycles. The van der Waals surface area contributed by atoms with Crippen molar-refractivity contribution in [1.29, 1.82) is 0 Å². The predicted molar refractivity (Wildman–Crippen MR) is 61.8 cm³/mol. The number of carbonyl (C=O) groups excluding carboxylic acids is 2. The molecular formula is C11H12N2O5. The minimum atomic E-state index is -1.37. The molecule has 0 saturated heterocycles. The van der Waals surface area contributed by atoms with E-state index in [4.69, 9.17) is 5.73 Å². The minimum Gasteiger partial charge on any atom is -0.468 e. The molecule has 0 aromatic heterocycles. The van der Waals surface area contributed by atoms with Crippen molar-refractivity contribution >= 4 is 17.4 Å². The van der Waals surface area contributed by atoms with Crippen LogP contribution in [0.15, 0.2) is 24.3 Å². The Hall–Kier alpha value is -2.28. The molecule has 1 rings (SSSR count). The number of benzene rings is 1. The molecule has 18 heavy (non-hydrogen) atoms. The summed E-state index contributed by atoms with van der Waals surface area (Å²) in [5.41, 5.74) is 5.67. The van der Waals surface area contributed by atoms with E-state index < -0.39 is 22.7 Å². The van der Waals surface area contributed by atoms with Gasteiger partial charge in [-0.15, -0.1) is 0 Å². The van der Waals surface area contributed by atoms with E-state index in [1.165, 1.54) is 18.2 Å². The first-order valence-corrected chi connectivity index (χ1v) is 5.05. The van der Waals surface area contributed by atoms with Crippen molar-refractivity contribution in [3.63, 3.8) is 0 Å². The maximum Gasteiger partial charge on any atom is 0.330 e. The van der Waals surface area contributed by atoms with Gasteiger partial charge in [-0.05, 0) is 5.56 Å². The van der Waals surface area contributed by atoms with E-state index in [0.717, 1.165) is 7.11 Å². The average molecular weight is 252 g/mol. The van der Waals surface area contributed by atoms with Crippen LogP contribution in [0.3, 0.4) is 0 Å². The summed E-state index contributed by atoms with van der Waals surface area (Å²) >= 11 is 0. The maximum absolute atomic E-state index is 11.6. The van der Waals surface area contributed by atoms with E-state index >= 15 is 0 Å². The van der Waals surface area contributed by atoms with Gasteiger partial charge in [-0.1, -0.05) is 12.1 Å². The van der Waals surface area contributed by atoms with Crippen molar-refractivity contribution in [2.24, 2.45) is 5.73 Å². The number of nitro benzene ring substituents is 1. The molecule has 1 atom stereocenters. The van der Waals surface area contributed by atoms with Crippen LogP contribution >= 0.6 is 0 Å². The number of ether oxygens (including phenoxy) is 1. The quantitative estimate of drug-likeness (QED) is 0.347. The van der Waals surface area contributed by atoms with Crippen molar-refractivity contribution in [2.45, 2.75) is 12.5 Å². The van der Waals surface area contributed by atoms with Crippen LogP contribution in [0, 0.1) is 10.1 Å². The Labute approximate surface area is 103 Å². The Morgan fingerprint density at radius 3 is 2.72 bits per heavy atom. The highest BCUT2D eigenvalue weighted by molar-refractivity contribution is 6.03. The molecule has 0 fully saturated rings. The number of ketones is 1. The molecule has 1 aromatic carbocycles. The first-order chi connectivity index (χ1) is 8.45. The molecule has 0 bridgehead atoms. The second kappa shape index (κ2) is 5.87. The van der Waals surface area contributed by atoms with Crippen LogP contribution in [0.2, 0.25) is 0 Å². The van der Waals surface area contributed by atoms with E-state index in [9.17, 15) is 19.7 Å². The largest absolute Gasteiger partial charge is 0.468 e. The van der Waals surface area contributed by atoms with Crippen LogP contribution in [0.1, 0.15) is 5.56 Å². The van der Waals surface area contributed by atoms with Crippen molar-refractivity contribution < 1.29 is 19.2 Å². The Morgan fingerprint density at radius 2 is 2.17 bits per heavy atom. The van der Waals surface area contributed by atoms with Crippen LogP contribution in [0.5, 0.6) is 0 Å². The molecule has 1 unspecified atom stereocenters. The zero-order valence-corrected chi connectivity index (χ0v) is 9.66. The monoisotopic (exact) mass is 252 g/mol. The topological polar surface area (TPSA) is 113 Å². The standard InChI is InChI=1S/C11H12N2O5/c1-18-11(15)10(12)9(14)6-7-3-2-4-8(5-7)13(16)17/h2-5,10H,6,12H2,1H3. The highest BCUT2D eigenvalue weighted by atomic mass is 16.6. The summed E-state index contributed by atoms with van der Waals surface area (Å²) in [4.78, 5) is 32.6. The molecule has 0 aliphatic carbocycles. The summed E-state index contributed by atoms with van der Waals surface area (Å²) in [5.74, 6) is -1.38. The predicted octanol–water partition coefficient (Wildman–Crippen LogP) is 0.207. The average Bonchev–Trinajstić information content (AvgIpc) is 2.37. The van der Waals surface area contributed by atoms with Crippen molar-refractivity contribution in [3.8, 4) is 0 Å². The van der Waals surface area contributed by atoms with Gasteiger partial charge >= 0.3 is 5.97 Å². The van der Waals surface area contributed by atoms with E-state index in [1.54, 1.807) is 6.07 Å². The highest BCUT2D eigenvalue weighted by Gasteiger charge is 2.23. The molecular weight excluding hydrogens is 240 g/mol. The lowest BCUT2D eigenvalue weighted by Gasteiger charge is -2.07. The van der Waals surface area contributed by atoms with E-state index in [1.807, 2.05) is 0 Å². The molecule has 0 aliphatic rings. The molecule has 0 heterocycles. The third kappa shape index (κ3) is 3.36. The van der Waals surface area contributed by atoms with Crippen LogP contribution in [-0.2, 0) is 20.7 Å². The van der Waals surface area contributed by atoms with Crippen LogP contribution < -0.4 is 5.73 Å². The van der Waals surface area contributed by atoms with Crippen LogP contribution in [0.4, 0.5) is 5.69 Å². The molecule has 2 N–H and O–H groups in total. The first-order valence-electron chi connectivity index (χ1n) is 5.05. The Kier molecular flexibility index (Phi) is 4.50. The van der Waals surface area contributed by atoms with Gasteiger partial charge in [-0.25, -0.2) is 4.79 Å². The lowest BCUT2D eigenvalue weighted by atomic mass is 10.0. The molecule has 0 aliphatic heterocycles. The van der Waals surface area contributed by atoms with Gasteiger partial charge < -0.3 is 10.5 Å². The molecule has 0 amide bonds. The summed E-state index contributed by atoms with van der Waals surface area (Å²) < 4.78 is 4.34. The van der Waals surface area contributed by atoms with Gasteiger partial charge in [0.25, 0.3) is 5.69 Å².